The van der Waals surface area contributed by atoms with E-state index in [1.807, 2.05) is 31.2 Å². The van der Waals surface area contributed by atoms with Crippen LogP contribution in [-0.4, -0.2) is 29.0 Å². The maximum Gasteiger partial charge on any atom is 0.268 e. The highest BCUT2D eigenvalue weighted by Crippen LogP contribution is 2.55. The molecule has 2 aliphatic heterocycles. The molecular formula is C22H21FN2O2S. The number of anilines is 1. The van der Waals surface area contributed by atoms with Gasteiger partial charge >= 0.3 is 0 Å². The number of benzene rings is 2. The molecule has 28 heavy (non-hydrogen) atoms. The minimum absolute atomic E-state index is 0.0199. The van der Waals surface area contributed by atoms with Crippen molar-refractivity contribution in [2.24, 2.45) is 5.92 Å². The van der Waals surface area contributed by atoms with Gasteiger partial charge in [0.1, 0.15) is 5.82 Å². The van der Waals surface area contributed by atoms with Crippen LogP contribution in [0.5, 0.6) is 0 Å². The molecule has 2 aromatic rings. The first-order valence-corrected chi connectivity index (χ1v) is 10.6. The lowest BCUT2D eigenvalue weighted by Gasteiger charge is -2.33. The molecule has 0 unspecified atom stereocenters. The molecule has 1 saturated heterocycles. The fourth-order valence-electron chi connectivity index (χ4n) is 4.19. The standard InChI is InChI=1S/C22H21FN2O2S/c1-14-2-4-15(5-3-14)13-24-19-9-8-17(23)12-18(19)22(21(24)27)25(10-11-28-22)20(26)16-6-7-16/h2-5,8-9,12,16H,6-7,10-11,13H2,1H3/t22-/m1/s1. The van der Waals surface area contributed by atoms with Gasteiger partial charge in [0, 0.05) is 23.8 Å². The van der Waals surface area contributed by atoms with Gasteiger partial charge in [0.05, 0.1) is 12.2 Å². The highest BCUT2D eigenvalue weighted by molar-refractivity contribution is 8.01. The van der Waals surface area contributed by atoms with Crippen molar-refractivity contribution in [1.29, 1.82) is 0 Å². The van der Waals surface area contributed by atoms with E-state index in [4.69, 9.17) is 0 Å². The number of hydrogen-bond acceptors (Lipinski definition) is 3. The molecule has 4 nitrogen and oxygen atoms in total. The van der Waals surface area contributed by atoms with Crippen LogP contribution in [0.2, 0.25) is 0 Å². The molecule has 2 aromatic carbocycles. The monoisotopic (exact) mass is 396 g/mol. The normalized spacial score (nSPS) is 23.6. The summed E-state index contributed by atoms with van der Waals surface area (Å²) in [6.07, 6.45) is 1.76. The van der Waals surface area contributed by atoms with Gasteiger partial charge in [0.2, 0.25) is 5.91 Å². The number of rotatable bonds is 3. The molecule has 1 atom stereocenters. The van der Waals surface area contributed by atoms with E-state index in [-0.39, 0.29) is 23.5 Å². The van der Waals surface area contributed by atoms with Gasteiger partial charge in [-0.3, -0.25) is 9.59 Å². The molecule has 3 aliphatic rings. The van der Waals surface area contributed by atoms with Gasteiger partial charge < -0.3 is 9.80 Å². The first-order valence-electron chi connectivity index (χ1n) is 9.64. The summed E-state index contributed by atoms with van der Waals surface area (Å²) in [5, 5.41) is 0. The third-order valence-corrected chi connectivity index (χ3v) is 7.23. The topological polar surface area (TPSA) is 40.6 Å². The SMILES string of the molecule is Cc1ccc(CN2C(=O)[C@]3(SCCN3C(=O)C3CC3)c3cc(F)ccc32)cc1. The Morgan fingerprint density at radius 2 is 1.96 bits per heavy atom. The van der Waals surface area contributed by atoms with E-state index in [2.05, 4.69) is 0 Å². The summed E-state index contributed by atoms with van der Waals surface area (Å²) in [6, 6.07) is 12.5. The zero-order chi connectivity index (χ0) is 19.5. The smallest absolute Gasteiger partial charge is 0.268 e. The molecule has 1 aliphatic carbocycles. The molecule has 0 bridgehead atoms. The molecule has 0 radical (unpaired) electrons. The maximum atomic E-state index is 14.2. The predicted octanol–water partition coefficient (Wildman–Crippen LogP) is 3.82. The Hall–Kier alpha value is -2.34. The molecule has 144 valence electrons. The van der Waals surface area contributed by atoms with Crippen molar-refractivity contribution < 1.29 is 14.0 Å². The predicted molar refractivity (Wildman–Crippen MR) is 107 cm³/mol. The first kappa shape index (κ1) is 17.7. The molecule has 0 N–H and O–H groups in total. The van der Waals surface area contributed by atoms with Gasteiger partial charge in [-0.05, 0) is 43.5 Å². The van der Waals surface area contributed by atoms with Crippen molar-refractivity contribution in [3.63, 3.8) is 0 Å². The largest absolute Gasteiger partial charge is 0.315 e. The van der Waals surface area contributed by atoms with Crippen LogP contribution >= 0.6 is 11.8 Å². The van der Waals surface area contributed by atoms with Gasteiger partial charge in [-0.1, -0.05) is 29.8 Å². The van der Waals surface area contributed by atoms with Gasteiger partial charge in [-0.25, -0.2) is 4.39 Å². The van der Waals surface area contributed by atoms with Gasteiger partial charge in [0.25, 0.3) is 5.91 Å². The van der Waals surface area contributed by atoms with Crippen LogP contribution in [0, 0.1) is 18.7 Å². The molecule has 0 aromatic heterocycles. The highest BCUT2D eigenvalue weighted by Gasteiger charge is 2.60. The van der Waals surface area contributed by atoms with E-state index in [1.165, 1.54) is 23.9 Å². The van der Waals surface area contributed by atoms with Crippen molar-refractivity contribution >= 4 is 29.3 Å². The Morgan fingerprint density at radius 1 is 1.21 bits per heavy atom. The summed E-state index contributed by atoms with van der Waals surface area (Å²) in [4.78, 5) is 29.0. The second-order valence-electron chi connectivity index (χ2n) is 7.79. The first-order chi connectivity index (χ1) is 13.5. The molecular weight excluding hydrogens is 375 g/mol. The van der Waals surface area contributed by atoms with Gasteiger partial charge in [0.15, 0.2) is 4.87 Å². The van der Waals surface area contributed by atoms with E-state index in [1.54, 1.807) is 15.9 Å². The van der Waals surface area contributed by atoms with E-state index >= 15 is 0 Å². The minimum Gasteiger partial charge on any atom is -0.315 e. The number of nitrogens with zero attached hydrogens (tertiary/aromatic N) is 2. The molecule has 2 fully saturated rings. The number of aryl methyl sites for hydroxylation is 1. The number of halogens is 1. The van der Waals surface area contributed by atoms with Crippen molar-refractivity contribution in [3.8, 4) is 0 Å². The fraction of sp³-hybridized carbons (Fsp3) is 0.364. The Labute approximate surface area is 167 Å². The summed E-state index contributed by atoms with van der Waals surface area (Å²) in [5.74, 6) is 0.218. The van der Waals surface area contributed by atoms with E-state index in [0.29, 0.717) is 30.1 Å². The lowest BCUT2D eigenvalue weighted by atomic mass is 10.0. The van der Waals surface area contributed by atoms with Crippen LogP contribution in [-0.2, 0) is 21.0 Å². The summed E-state index contributed by atoms with van der Waals surface area (Å²) in [7, 11) is 0. The molecule has 1 spiro atoms. The molecule has 5 rings (SSSR count). The number of amides is 2. The summed E-state index contributed by atoms with van der Waals surface area (Å²) >= 11 is 1.46. The Morgan fingerprint density at radius 3 is 2.68 bits per heavy atom. The zero-order valence-corrected chi connectivity index (χ0v) is 16.5. The van der Waals surface area contributed by atoms with E-state index in [0.717, 1.165) is 24.0 Å². The van der Waals surface area contributed by atoms with Crippen LogP contribution in [0.15, 0.2) is 42.5 Å². The second-order valence-corrected chi connectivity index (χ2v) is 9.08. The van der Waals surface area contributed by atoms with E-state index in [9.17, 15) is 14.0 Å². The van der Waals surface area contributed by atoms with Crippen molar-refractivity contribution in [1.82, 2.24) is 4.90 Å². The van der Waals surface area contributed by atoms with Gasteiger partial charge in [-0.2, -0.15) is 0 Å². The zero-order valence-electron chi connectivity index (χ0n) is 15.7. The summed E-state index contributed by atoms with van der Waals surface area (Å²) < 4.78 is 14.2. The van der Waals surface area contributed by atoms with Crippen molar-refractivity contribution in [2.45, 2.75) is 31.2 Å². The quantitative estimate of drug-likeness (QED) is 0.792. The average Bonchev–Trinajstić information content (AvgIpc) is 3.41. The highest BCUT2D eigenvalue weighted by atomic mass is 32.2. The van der Waals surface area contributed by atoms with E-state index < -0.39 is 4.87 Å². The minimum atomic E-state index is -1.12. The average molecular weight is 396 g/mol. The summed E-state index contributed by atoms with van der Waals surface area (Å²) in [5.41, 5.74) is 3.48. The van der Waals surface area contributed by atoms with Crippen LogP contribution < -0.4 is 4.90 Å². The molecule has 2 heterocycles. The number of hydrogen-bond donors (Lipinski definition) is 0. The van der Waals surface area contributed by atoms with Crippen LogP contribution in [0.25, 0.3) is 0 Å². The van der Waals surface area contributed by atoms with Crippen molar-refractivity contribution in [3.05, 3.63) is 65.0 Å². The van der Waals surface area contributed by atoms with Crippen LogP contribution in [0.1, 0.15) is 29.5 Å². The third kappa shape index (κ3) is 2.58. The molecule has 2 amide bonds. The van der Waals surface area contributed by atoms with Crippen LogP contribution in [0.3, 0.4) is 0 Å². The lowest BCUT2D eigenvalue weighted by molar-refractivity contribution is -0.141. The number of thioether (sulfide) groups is 1. The van der Waals surface area contributed by atoms with Crippen molar-refractivity contribution in [2.75, 3.05) is 17.2 Å². The van der Waals surface area contributed by atoms with Gasteiger partial charge in [-0.15, -0.1) is 11.8 Å². The van der Waals surface area contributed by atoms with Crippen LogP contribution in [0.4, 0.5) is 10.1 Å². The Kier molecular flexibility index (Phi) is 4.02. The number of carbonyl (C=O) groups is 2. The third-order valence-electron chi connectivity index (χ3n) is 5.81. The Balaban J connectivity index is 1.59. The lowest BCUT2D eigenvalue weighted by Crippen LogP contribution is -2.50. The Bertz CT molecular complexity index is 973. The summed E-state index contributed by atoms with van der Waals surface area (Å²) in [6.45, 7) is 2.96. The molecule has 6 heteroatoms. The number of fused-ring (bicyclic) bond motifs is 2. The number of carbonyl (C=O) groups excluding carboxylic acids is 2. The molecule has 1 saturated carbocycles. The fourth-order valence-corrected chi connectivity index (χ4v) is 5.65. The second kappa shape index (κ2) is 6.34. The maximum absolute atomic E-state index is 14.2.